The molecule has 0 saturated carbocycles. The lowest BCUT2D eigenvalue weighted by Crippen LogP contribution is -2.06. The Bertz CT molecular complexity index is 460. The molecule has 1 aromatic rings. The van der Waals surface area contributed by atoms with E-state index < -0.39 is 0 Å². The van der Waals surface area contributed by atoms with Crippen LogP contribution in [0.5, 0.6) is 0 Å². The molecule has 1 aromatic carbocycles. The van der Waals surface area contributed by atoms with Crippen molar-refractivity contribution in [2.75, 3.05) is 5.88 Å². The van der Waals surface area contributed by atoms with Crippen molar-refractivity contribution >= 4 is 23.7 Å². The SMILES string of the molecule is Cc1c(C(=O)CCl)ccc(C#N)c1C=O. The van der Waals surface area contributed by atoms with Gasteiger partial charge in [-0.15, -0.1) is 11.6 Å². The number of nitriles is 1. The molecule has 0 bridgehead atoms. The highest BCUT2D eigenvalue weighted by Crippen LogP contribution is 2.17. The Kier molecular flexibility index (Phi) is 3.59. The number of carbonyl (C=O) groups is 2. The van der Waals surface area contributed by atoms with Gasteiger partial charge in [0.2, 0.25) is 0 Å². The van der Waals surface area contributed by atoms with Gasteiger partial charge < -0.3 is 0 Å². The molecular formula is C11H8ClNO2. The minimum atomic E-state index is -0.248. The van der Waals surface area contributed by atoms with E-state index in [1.165, 1.54) is 12.1 Å². The fraction of sp³-hybridized carbons (Fsp3) is 0.182. The van der Waals surface area contributed by atoms with Crippen molar-refractivity contribution in [3.63, 3.8) is 0 Å². The molecule has 0 saturated heterocycles. The number of rotatable bonds is 3. The normalized spacial score (nSPS) is 9.40. The smallest absolute Gasteiger partial charge is 0.177 e. The molecule has 4 heteroatoms. The van der Waals surface area contributed by atoms with Crippen LogP contribution in [0.15, 0.2) is 12.1 Å². The molecular weight excluding hydrogens is 214 g/mol. The van der Waals surface area contributed by atoms with Crippen molar-refractivity contribution in [2.45, 2.75) is 6.92 Å². The summed E-state index contributed by atoms with van der Waals surface area (Å²) in [6.07, 6.45) is 0.582. The minimum Gasteiger partial charge on any atom is -0.298 e. The number of halogens is 1. The Morgan fingerprint density at radius 2 is 2.27 bits per heavy atom. The number of carbonyl (C=O) groups excluding carboxylic acids is 2. The molecule has 0 heterocycles. The van der Waals surface area contributed by atoms with Crippen molar-refractivity contribution in [2.24, 2.45) is 0 Å². The van der Waals surface area contributed by atoms with Gasteiger partial charge in [0.05, 0.1) is 17.5 Å². The van der Waals surface area contributed by atoms with Crippen LogP contribution in [0.25, 0.3) is 0 Å². The lowest BCUT2D eigenvalue weighted by Gasteiger charge is -2.06. The van der Waals surface area contributed by atoms with Crippen molar-refractivity contribution < 1.29 is 9.59 Å². The molecule has 15 heavy (non-hydrogen) atoms. The van der Waals surface area contributed by atoms with Crippen LogP contribution in [-0.2, 0) is 0 Å². The summed E-state index contributed by atoms with van der Waals surface area (Å²) in [7, 11) is 0. The van der Waals surface area contributed by atoms with E-state index in [1.54, 1.807) is 6.92 Å². The molecule has 0 radical (unpaired) electrons. The summed E-state index contributed by atoms with van der Waals surface area (Å²) in [6, 6.07) is 4.87. The van der Waals surface area contributed by atoms with Gasteiger partial charge in [-0.3, -0.25) is 9.59 Å². The summed E-state index contributed by atoms with van der Waals surface area (Å²) >= 11 is 5.42. The van der Waals surface area contributed by atoms with E-state index in [9.17, 15) is 9.59 Å². The van der Waals surface area contributed by atoms with Crippen LogP contribution >= 0.6 is 11.6 Å². The van der Waals surface area contributed by atoms with Crippen molar-refractivity contribution in [3.8, 4) is 6.07 Å². The summed E-state index contributed by atoms with van der Waals surface area (Å²) < 4.78 is 0. The summed E-state index contributed by atoms with van der Waals surface area (Å²) in [5.74, 6) is -0.382. The van der Waals surface area contributed by atoms with E-state index in [2.05, 4.69) is 0 Å². The molecule has 0 atom stereocenters. The van der Waals surface area contributed by atoms with Crippen LogP contribution in [0, 0.1) is 18.3 Å². The zero-order valence-electron chi connectivity index (χ0n) is 8.08. The van der Waals surface area contributed by atoms with Crippen LogP contribution in [0.4, 0.5) is 0 Å². The van der Waals surface area contributed by atoms with Gasteiger partial charge >= 0.3 is 0 Å². The molecule has 0 aromatic heterocycles. The maximum Gasteiger partial charge on any atom is 0.177 e. The molecule has 1 rings (SSSR count). The molecule has 0 aliphatic rings. The Balaban J connectivity index is 3.43. The molecule has 0 N–H and O–H groups in total. The Morgan fingerprint density at radius 3 is 2.73 bits per heavy atom. The molecule has 0 aliphatic heterocycles. The van der Waals surface area contributed by atoms with Gasteiger partial charge in [0.1, 0.15) is 0 Å². The number of alkyl halides is 1. The predicted octanol–water partition coefficient (Wildman–Crippen LogP) is 2.10. The van der Waals surface area contributed by atoms with Crippen molar-refractivity contribution in [1.82, 2.24) is 0 Å². The predicted molar refractivity (Wildman–Crippen MR) is 56.3 cm³/mol. The second-order valence-corrected chi connectivity index (χ2v) is 3.25. The second kappa shape index (κ2) is 4.72. The Hall–Kier alpha value is -1.66. The number of aldehydes is 1. The molecule has 0 aliphatic carbocycles. The first kappa shape index (κ1) is 11.4. The Morgan fingerprint density at radius 1 is 1.60 bits per heavy atom. The van der Waals surface area contributed by atoms with Crippen LogP contribution in [0.2, 0.25) is 0 Å². The van der Waals surface area contributed by atoms with Gasteiger partial charge in [0.25, 0.3) is 0 Å². The van der Waals surface area contributed by atoms with E-state index in [-0.39, 0.29) is 22.8 Å². The number of hydrogen-bond donors (Lipinski definition) is 0. The maximum absolute atomic E-state index is 11.4. The van der Waals surface area contributed by atoms with E-state index in [1.807, 2.05) is 6.07 Å². The molecule has 0 unspecified atom stereocenters. The first-order valence-electron chi connectivity index (χ1n) is 4.23. The number of hydrogen-bond acceptors (Lipinski definition) is 3. The highest BCUT2D eigenvalue weighted by atomic mass is 35.5. The largest absolute Gasteiger partial charge is 0.298 e. The van der Waals surface area contributed by atoms with E-state index in [0.717, 1.165) is 0 Å². The monoisotopic (exact) mass is 221 g/mol. The summed E-state index contributed by atoms with van der Waals surface area (Å²) in [5.41, 5.74) is 1.43. The third-order valence-electron chi connectivity index (χ3n) is 2.17. The number of nitrogens with zero attached hydrogens (tertiary/aromatic N) is 1. The molecule has 0 spiro atoms. The molecule has 0 amide bonds. The van der Waals surface area contributed by atoms with Gasteiger partial charge in [-0.1, -0.05) is 0 Å². The van der Waals surface area contributed by atoms with Gasteiger partial charge in [-0.25, -0.2) is 0 Å². The third kappa shape index (κ3) is 2.05. The highest BCUT2D eigenvalue weighted by Gasteiger charge is 2.13. The fourth-order valence-corrected chi connectivity index (χ4v) is 1.50. The standard InChI is InChI=1S/C11H8ClNO2/c1-7-9(11(15)4-12)3-2-8(5-13)10(7)6-14/h2-3,6H,4H2,1H3. The maximum atomic E-state index is 11.4. The minimum absolute atomic E-state index is 0.134. The summed E-state index contributed by atoms with van der Waals surface area (Å²) in [4.78, 5) is 22.1. The number of Topliss-reactive ketones (excluding diaryl/α,β-unsaturated/α-hetero) is 1. The van der Waals surface area contributed by atoms with Crippen LogP contribution in [-0.4, -0.2) is 17.9 Å². The first-order valence-corrected chi connectivity index (χ1v) is 4.77. The summed E-state index contributed by atoms with van der Waals surface area (Å²) in [5, 5.41) is 8.74. The highest BCUT2D eigenvalue weighted by molar-refractivity contribution is 6.30. The zero-order valence-corrected chi connectivity index (χ0v) is 8.84. The third-order valence-corrected chi connectivity index (χ3v) is 2.42. The zero-order chi connectivity index (χ0) is 11.4. The van der Waals surface area contributed by atoms with E-state index >= 15 is 0 Å². The lowest BCUT2D eigenvalue weighted by atomic mass is 9.96. The van der Waals surface area contributed by atoms with E-state index in [0.29, 0.717) is 17.4 Å². The first-order chi connectivity index (χ1) is 7.15. The van der Waals surface area contributed by atoms with Gasteiger partial charge in [-0.2, -0.15) is 5.26 Å². The average molecular weight is 222 g/mol. The van der Waals surface area contributed by atoms with Gasteiger partial charge in [0.15, 0.2) is 12.1 Å². The second-order valence-electron chi connectivity index (χ2n) is 2.99. The van der Waals surface area contributed by atoms with Crippen LogP contribution in [0.1, 0.15) is 31.8 Å². The van der Waals surface area contributed by atoms with Crippen molar-refractivity contribution in [1.29, 1.82) is 5.26 Å². The lowest BCUT2D eigenvalue weighted by molar-refractivity contribution is 0.102. The molecule has 76 valence electrons. The topological polar surface area (TPSA) is 57.9 Å². The van der Waals surface area contributed by atoms with Gasteiger partial charge in [-0.05, 0) is 24.6 Å². The Labute approximate surface area is 92.3 Å². The molecule has 0 fully saturated rings. The average Bonchev–Trinajstić information content (AvgIpc) is 2.27. The summed E-state index contributed by atoms with van der Waals surface area (Å²) in [6.45, 7) is 1.63. The fourth-order valence-electron chi connectivity index (χ4n) is 1.35. The number of ketones is 1. The van der Waals surface area contributed by atoms with Crippen LogP contribution < -0.4 is 0 Å². The quantitative estimate of drug-likeness (QED) is 0.446. The van der Waals surface area contributed by atoms with E-state index in [4.69, 9.17) is 16.9 Å². The van der Waals surface area contributed by atoms with Crippen LogP contribution in [0.3, 0.4) is 0 Å². The molecule has 3 nitrogen and oxygen atoms in total. The number of benzene rings is 1. The van der Waals surface area contributed by atoms with Crippen molar-refractivity contribution in [3.05, 3.63) is 34.4 Å². The van der Waals surface area contributed by atoms with Gasteiger partial charge in [0, 0.05) is 11.1 Å².